The highest BCUT2D eigenvalue weighted by Crippen LogP contribution is 2.17. The van der Waals surface area contributed by atoms with Crippen molar-refractivity contribution in [1.29, 1.82) is 0 Å². The number of carbonyl (C=O) groups excluding carboxylic acids is 1. The molecule has 1 amide bonds. The van der Waals surface area contributed by atoms with Crippen LogP contribution in [0.2, 0.25) is 0 Å². The van der Waals surface area contributed by atoms with E-state index in [1.807, 2.05) is 12.1 Å². The number of rotatable bonds is 7. The Morgan fingerprint density at radius 2 is 1.87 bits per heavy atom. The van der Waals surface area contributed by atoms with Crippen molar-refractivity contribution in [1.82, 2.24) is 24.9 Å². The molecule has 3 N–H and O–H groups in total. The summed E-state index contributed by atoms with van der Waals surface area (Å²) in [7, 11) is 1.54. The first-order chi connectivity index (χ1) is 15.1. The van der Waals surface area contributed by atoms with Crippen molar-refractivity contribution in [2.24, 2.45) is 0 Å². The number of hydrogen-bond donors (Lipinski definition) is 2. The van der Waals surface area contributed by atoms with E-state index in [0.717, 1.165) is 38.4 Å². The van der Waals surface area contributed by atoms with Crippen molar-refractivity contribution in [2.45, 2.75) is 13.1 Å². The lowest BCUT2D eigenvalue weighted by Gasteiger charge is -2.26. The van der Waals surface area contributed by atoms with Crippen LogP contribution in [0.25, 0.3) is 0 Å². The minimum atomic E-state index is -0.481. The van der Waals surface area contributed by atoms with E-state index in [1.54, 1.807) is 19.2 Å². The van der Waals surface area contributed by atoms with Crippen LogP contribution in [0.1, 0.15) is 21.6 Å². The highest BCUT2D eigenvalue weighted by Gasteiger charge is 2.18. The topological polar surface area (TPSA) is 120 Å². The first-order valence-corrected chi connectivity index (χ1v) is 10.0. The maximum atomic E-state index is 12.5. The number of ether oxygens (including phenoxy) is 2. The molecule has 1 fully saturated rings. The van der Waals surface area contributed by atoms with Crippen LogP contribution in [-0.2, 0) is 17.8 Å². The number of benzene rings is 1. The molecule has 2 aromatic heterocycles. The van der Waals surface area contributed by atoms with Crippen molar-refractivity contribution in [2.75, 3.05) is 44.5 Å². The molecule has 1 aromatic carbocycles. The van der Waals surface area contributed by atoms with E-state index >= 15 is 0 Å². The van der Waals surface area contributed by atoms with Crippen LogP contribution in [-0.4, -0.2) is 64.2 Å². The van der Waals surface area contributed by atoms with E-state index < -0.39 is 5.91 Å². The molecular weight excluding hydrogens is 398 g/mol. The number of methoxy groups -OCH3 is 1. The fourth-order valence-electron chi connectivity index (χ4n) is 3.32. The van der Waals surface area contributed by atoms with Gasteiger partial charge in [-0.25, -0.2) is 9.67 Å². The number of hydrogen-bond acceptors (Lipinski definition) is 8. The van der Waals surface area contributed by atoms with Crippen molar-refractivity contribution in [3.8, 4) is 5.75 Å². The lowest BCUT2D eigenvalue weighted by Crippen LogP contribution is -2.35. The number of carbonyl (C=O) groups is 1. The number of aromatic nitrogens is 4. The van der Waals surface area contributed by atoms with Crippen molar-refractivity contribution >= 4 is 17.5 Å². The number of nitrogens with zero attached hydrogens (tertiary/aromatic N) is 5. The molecule has 0 spiro atoms. The monoisotopic (exact) mass is 423 g/mol. The van der Waals surface area contributed by atoms with Gasteiger partial charge < -0.3 is 20.5 Å². The molecule has 1 saturated heterocycles. The Morgan fingerprint density at radius 3 is 2.58 bits per heavy atom. The molecule has 31 heavy (non-hydrogen) atoms. The predicted molar refractivity (Wildman–Crippen MR) is 115 cm³/mol. The number of pyridine rings is 1. The fourth-order valence-corrected chi connectivity index (χ4v) is 3.32. The maximum absolute atomic E-state index is 12.5. The van der Waals surface area contributed by atoms with Crippen LogP contribution >= 0.6 is 0 Å². The van der Waals surface area contributed by atoms with Crippen molar-refractivity contribution < 1.29 is 14.3 Å². The van der Waals surface area contributed by atoms with Crippen LogP contribution in [0.5, 0.6) is 5.75 Å². The second-order valence-electron chi connectivity index (χ2n) is 7.22. The number of morpholine rings is 1. The van der Waals surface area contributed by atoms with Crippen LogP contribution in [0.3, 0.4) is 0 Å². The molecule has 0 saturated carbocycles. The van der Waals surface area contributed by atoms with E-state index in [-0.39, 0.29) is 11.5 Å². The average Bonchev–Trinajstić information content (AvgIpc) is 3.16. The third-order valence-electron chi connectivity index (χ3n) is 5.06. The zero-order valence-corrected chi connectivity index (χ0v) is 17.3. The Labute approximate surface area is 180 Å². The summed E-state index contributed by atoms with van der Waals surface area (Å²) in [5, 5.41) is 10.6. The number of amides is 1. The van der Waals surface area contributed by atoms with Gasteiger partial charge in [0.2, 0.25) is 0 Å². The lowest BCUT2D eigenvalue weighted by molar-refractivity contribution is 0.0342. The Morgan fingerprint density at radius 1 is 1.16 bits per heavy atom. The number of anilines is 2. The summed E-state index contributed by atoms with van der Waals surface area (Å²) in [4.78, 5) is 19.0. The molecule has 1 aliphatic rings. The molecule has 3 aromatic rings. The smallest absolute Gasteiger partial charge is 0.281 e. The second kappa shape index (κ2) is 9.54. The van der Waals surface area contributed by atoms with E-state index in [9.17, 15) is 4.79 Å². The van der Waals surface area contributed by atoms with Gasteiger partial charge in [-0.1, -0.05) is 29.5 Å². The summed E-state index contributed by atoms with van der Waals surface area (Å²) in [5.74, 6) is 0.635. The van der Waals surface area contributed by atoms with Crippen LogP contribution in [0, 0.1) is 0 Å². The first kappa shape index (κ1) is 20.8. The van der Waals surface area contributed by atoms with Crippen LogP contribution in [0.15, 0.2) is 42.6 Å². The maximum Gasteiger partial charge on any atom is 0.281 e. The van der Waals surface area contributed by atoms with Gasteiger partial charge in [-0.05, 0) is 17.2 Å². The third-order valence-corrected chi connectivity index (χ3v) is 5.06. The predicted octanol–water partition coefficient (Wildman–Crippen LogP) is 1.40. The summed E-state index contributed by atoms with van der Waals surface area (Å²) < 4.78 is 12.0. The van der Waals surface area contributed by atoms with Gasteiger partial charge in [0.15, 0.2) is 11.5 Å². The lowest BCUT2D eigenvalue weighted by atomic mass is 10.1. The Kier molecular flexibility index (Phi) is 6.39. The molecule has 162 valence electrons. The van der Waals surface area contributed by atoms with E-state index in [1.165, 1.54) is 16.4 Å². The van der Waals surface area contributed by atoms with Gasteiger partial charge in [0, 0.05) is 31.9 Å². The minimum Gasteiger partial charge on any atom is -0.497 e. The minimum absolute atomic E-state index is 0.0496. The van der Waals surface area contributed by atoms with E-state index in [2.05, 4.69) is 37.6 Å². The first-order valence-electron chi connectivity index (χ1n) is 10.0. The largest absolute Gasteiger partial charge is 0.497 e. The summed E-state index contributed by atoms with van der Waals surface area (Å²) in [6, 6.07) is 11.6. The molecule has 0 radical (unpaired) electrons. The molecule has 0 bridgehead atoms. The van der Waals surface area contributed by atoms with Crippen LogP contribution < -0.4 is 15.8 Å². The van der Waals surface area contributed by atoms with Crippen molar-refractivity contribution in [3.05, 3.63) is 59.4 Å². The molecule has 1 aliphatic heterocycles. The SMILES string of the molecule is COc1ccnc(NC(=O)c2nnn(Cc3ccc(CN4CCOCC4)cc3)c2N)c1. The number of nitrogens with two attached hydrogens (primary N) is 1. The quantitative estimate of drug-likeness (QED) is 0.585. The van der Waals surface area contributed by atoms with E-state index in [0.29, 0.717) is 18.1 Å². The molecule has 0 unspecified atom stereocenters. The standard InChI is InChI=1S/C21H25N7O3/c1-30-17-6-7-23-18(12-17)24-21(29)19-20(22)28(26-25-19)14-16-4-2-15(3-5-16)13-27-8-10-31-11-9-27/h2-7,12H,8-11,13-14,22H2,1H3,(H,23,24,29). The zero-order chi connectivity index (χ0) is 21.6. The van der Waals surface area contributed by atoms with E-state index in [4.69, 9.17) is 15.2 Å². The highest BCUT2D eigenvalue weighted by molar-refractivity contribution is 6.05. The van der Waals surface area contributed by atoms with Crippen molar-refractivity contribution in [3.63, 3.8) is 0 Å². The molecule has 0 aliphatic carbocycles. The van der Waals surface area contributed by atoms with Gasteiger partial charge in [0.1, 0.15) is 11.6 Å². The summed E-state index contributed by atoms with van der Waals surface area (Å²) in [6.07, 6.45) is 1.54. The summed E-state index contributed by atoms with van der Waals surface area (Å²) >= 11 is 0. The van der Waals surface area contributed by atoms with Gasteiger partial charge >= 0.3 is 0 Å². The molecule has 0 atom stereocenters. The normalized spacial score (nSPS) is 14.4. The van der Waals surface area contributed by atoms with Gasteiger partial charge in [0.05, 0.1) is 26.9 Å². The molecule has 4 rings (SSSR count). The fraction of sp³-hybridized carbons (Fsp3) is 0.333. The molecule has 10 nitrogen and oxygen atoms in total. The average molecular weight is 423 g/mol. The van der Waals surface area contributed by atoms with Gasteiger partial charge in [-0.15, -0.1) is 5.10 Å². The third kappa shape index (κ3) is 5.16. The molecule has 3 heterocycles. The number of nitrogens with one attached hydrogen (secondary N) is 1. The second-order valence-corrected chi connectivity index (χ2v) is 7.22. The Hall–Kier alpha value is -3.50. The molecule has 10 heteroatoms. The van der Waals surface area contributed by atoms with Gasteiger partial charge in [0.25, 0.3) is 5.91 Å². The highest BCUT2D eigenvalue weighted by atomic mass is 16.5. The van der Waals surface area contributed by atoms with Gasteiger partial charge in [-0.2, -0.15) is 0 Å². The molecular formula is C21H25N7O3. The van der Waals surface area contributed by atoms with Crippen LogP contribution in [0.4, 0.5) is 11.6 Å². The summed E-state index contributed by atoms with van der Waals surface area (Å²) in [5.41, 5.74) is 8.43. The number of nitrogen functional groups attached to an aromatic ring is 1. The summed E-state index contributed by atoms with van der Waals surface area (Å²) in [6.45, 7) is 4.79. The Bertz CT molecular complexity index is 1030. The van der Waals surface area contributed by atoms with Gasteiger partial charge in [-0.3, -0.25) is 9.69 Å². The zero-order valence-electron chi connectivity index (χ0n) is 17.3. The Balaban J connectivity index is 1.39.